The molecule has 0 saturated carbocycles. The summed E-state index contributed by atoms with van der Waals surface area (Å²) in [7, 11) is 0. The van der Waals surface area contributed by atoms with Crippen LogP contribution in [0.2, 0.25) is 5.15 Å². The summed E-state index contributed by atoms with van der Waals surface area (Å²) in [6.45, 7) is 0.621. The number of anilines is 1. The van der Waals surface area contributed by atoms with E-state index in [9.17, 15) is 0 Å². The van der Waals surface area contributed by atoms with Crippen LogP contribution in [0.25, 0.3) is 11.4 Å². The van der Waals surface area contributed by atoms with Gasteiger partial charge in [-0.3, -0.25) is 0 Å². The molecule has 112 valence electrons. The molecule has 0 aliphatic rings. The van der Waals surface area contributed by atoms with Crippen LogP contribution in [0.4, 0.5) is 5.82 Å². The molecule has 3 aromatic rings. The van der Waals surface area contributed by atoms with Crippen LogP contribution in [0.3, 0.4) is 0 Å². The highest BCUT2D eigenvalue weighted by Crippen LogP contribution is 2.23. The normalized spacial score (nSPS) is 10.6. The average Bonchev–Trinajstić information content (AvgIpc) is 3.06. The third-order valence-corrected chi connectivity index (χ3v) is 4.66. The van der Waals surface area contributed by atoms with Gasteiger partial charge >= 0.3 is 0 Å². The van der Waals surface area contributed by atoms with Crippen molar-refractivity contribution in [2.75, 3.05) is 11.6 Å². The minimum Gasteiger partial charge on any atom is -0.363 e. The Hall–Kier alpha value is -1.63. The molecule has 0 radical (unpaired) electrons. The Balaban J connectivity index is 1.82. The van der Waals surface area contributed by atoms with Crippen LogP contribution in [-0.4, -0.2) is 21.2 Å². The number of benzene rings is 1. The lowest BCUT2D eigenvalue weighted by Crippen LogP contribution is -2.02. The van der Waals surface area contributed by atoms with E-state index in [4.69, 9.17) is 11.6 Å². The van der Waals surface area contributed by atoms with E-state index in [2.05, 4.69) is 20.3 Å². The number of nitrogens with zero attached hydrogens (tertiary/aromatic N) is 3. The van der Waals surface area contributed by atoms with Crippen molar-refractivity contribution in [2.45, 2.75) is 11.4 Å². The molecule has 0 unspecified atom stereocenters. The zero-order chi connectivity index (χ0) is 15.4. The highest BCUT2D eigenvalue weighted by atomic mass is 35.5. The molecule has 2 heterocycles. The number of thioether (sulfide) groups is 1. The van der Waals surface area contributed by atoms with Gasteiger partial charge in [-0.25, -0.2) is 15.0 Å². The third kappa shape index (κ3) is 3.76. The van der Waals surface area contributed by atoms with Gasteiger partial charge in [0.2, 0.25) is 0 Å². The zero-order valence-corrected chi connectivity index (χ0v) is 14.2. The molecule has 1 aromatic carbocycles. The number of thiazole rings is 1. The fourth-order valence-corrected chi connectivity index (χ4v) is 3.03. The van der Waals surface area contributed by atoms with Crippen LogP contribution in [-0.2, 0) is 6.54 Å². The largest absolute Gasteiger partial charge is 0.363 e. The molecule has 2 aromatic heterocycles. The number of halogens is 1. The van der Waals surface area contributed by atoms with Crippen LogP contribution in [0.1, 0.15) is 5.01 Å². The monoisotopic (exact) mass is 348 g/mol. The fourth-order valence-electron chi connectivity index (χ4n) is 1.88. The molecule has 22 heavy (non-hydrogen) atoms. The van der Waals surface area contributed by atoms with Crippen molar-refractivity contribution < 1.29 is 0 Å². The Labute approximate surface area is 142 Å². The van der Waals surface area contributed by atoms with Gasteiger partial charge < -0.3 is 5.32 Å². The number of hydrogen-bond acceptors (Lipinski definition) is 6. The van der Waals surface area contributed by atoms with E-state index in [0.717, 1.165) is 10.6 Å². The van der Waals surface area contributed by atoms with Crippen molar-refractivity contribution in [2.24, 2.45) is 0 Å². The lowest BCUT2D eigenvalue weighted by molar-refractivity contribution is 1.06. The average molecular weight is 349 g/mol. The molecule has 1 N–H and O–H groups in total. The summed E-state index contributed by atoms with van der Waals surface area (Å²) >= 11 is 9.41. The first-order valence-corrected chi connectivity index (χ1v) is 9.04. The Morgan fingerprint density at radius 2 is 2.05 bits per heavy atom. The molecule has 0 aliphatic carbocycles. The minimum absolute atomic E-state index is 0.417. The first kappa shape index (κ1) is 15.3. The summed E-state index contributed by atoms with van der Waals surface area (Å²) in [5, 5.41) is 6.59. The molecule has 0 saturated heterocycles. The van der Waals surface area contributed by atoms with E-state index in [1.165, 1.54) is 4.90 Å². The van der Waals surface area contributed by atoms with Crippen molar-refractivity contribution in [3.05, 3.63) is 52.1 Å². The molecular formula is C15H13ClN4S2. The number of hydrogen-bond donors (Lipinski definition) is 1. The second-order valence-corrected chi connectivity index (χ2v) is 6.65. The van der Waals surface area contributed by atoms with E-state index in [-0.39, 0.29) is 0 Å². The van der Waals surface area contributed by atoms with Gasteiger partial charge in [-0.1, -0.05) is 23.7 Å². The third-order valence-electron chi connectivity index (χ3n) is 2.95. The summed E-state index contributed by atoms with van der Waals surface area (Å²) in [5.74, 6) is 1.31. The molecule has 7 heteroatoms. The second-order valence-electron chi connectivity index (χ2n) is 4.41. The van der Waals surface area contributed by atoms with E-state index in [1.807, 2.05) is 35.9 Å². The first-order chi connectivity index (χ1) is 10.7. The van der Waals surface area contributed by atoms with E-state index < -0.39 is 0 Å². The quantitative estimate of drug-likeness (QED) is 0.540. The van der Waals surface area contributed by atoms with Gasteiger partial charge in [0, 0.05) is 28.1 Å². The molecule has 0 spiro atoms. The van der Waals surface area contributed by atoms with Gasteiger partial charge in [-0.05, 0) is 18.4 Å². The SMILES string of the molecule is CSc1ccc(-c2nc(Cl)cc(NCc3nccs3)n2)cc1. The maximum Gasteiger partial charge on any atom is 0.163 e. The summed E-state index contributed by atoms with van der Waals surface area (Å²) < 4.78 is 0. The first-order valence-electron chi connectivity index (χ1n) is 6.56. The van der Waals surface area contributed by atoms with Crippen LogP contribution in [0.5, 0.6) is 0 Å². The van der Waals surface area contributed by atoms with Crippen LogP contribution in [0.15, 0.2) is 46.8 Å². The van der Waals surface area contributed by atoms with Crippen molar-refractivity contribution in [3.8, 4) is 11.4 Å². The number of aromatic nitrogens is 3. The van der Waals surface area contributed by atoms with Gasteiger partial charge in [0.25, 0.3) is 0 Å². The molecule has 0 aliphatic heterocycles. The van der Waals surface area contributed by atoms with E-state index in [0.29, 0.717) is 23.3 Å². The molecule has 0 bridgehead atoms. The second kappa shape index (κ2) is 7.09. The Morgan fingerprint density at radius 1 is 1.23 bits per heavy atom. The smallest absolute Gasteiger partial charge is 0.163 e. The molecular weight excluding hydrogens is 336 g/mol. The lowest BCUT2D eigenvalue weighted by Gasteiger charge is -2.07. The van der Waals surface area contributed by atoms with E-state index in [1.54, 1.807) is 35.4 Å². The zero-order valence-electron chi connectivity index (χ0n) is 11.8. The molecule has 3 rings (SSSR count). The summed E-state index contributed by atoms with van der Waals surface area (Å²) in [4.78, 5) is 14.3. The number of nitrogens with one attached hydrogen (secondary N) is 1. The van der Waals surface area contributed by atoms with Crippen LogP contribution >= 0.6 is 34.7 Å². The topological polar surface area (TPSA) is 50.7 Å². The van der Waals surface area contributed by atoms with Gasteiger partial charge in [0.05, 0.1) is 6.54 Å². The summed E-state index contributed by atoms with van der Waals surface area (Å²) in [6, 6.07) is 9.82. The molecule has 0 fully saturated rings. The van der Waals surface area contributed by atoms with Crippen molar-refractivity contribution in [1.82, 2.24) is 15.0 Å². The molecule has 0 atom stereocenters. The summed E-state index contributed by atoms with van der Waals surface area (Å²) in [5.41, 5.74) is 0.942. The Morgan fingerprint density at radius 3 is 2.73 bits per heavy atom. The standard InChI is InChI=1S/C15H13ClN4S2/c1-21-11-4-2-10(3-5-11)15-19-12(16)8-13(20-15)18-9-14-17-6-7-22-14/h2-8H,9H2,1H3,(H,18,19,20). The van der Waals surface area contributed by atoms with Gasteiger partial charge in [0.15, 0.2) is 5.82 Å². The Bertz CT molecular complexity index is 745. The molecule has 0 amide bonds. The van der Waals surface area contributed by atoms with Crippen LogP contribution in [0, 0.1) is 0 Å². The van der Waals surface area contributed by atoms with E-state index >= 15 is 0 Å². The highest BCUT2D eigenvalue weighted by molar-refractivity contribution is 7.98. The molecule has 4 nitrogen and oxygen atoms in total. The fraction of sp³-hybridized carbons (Fsp3) is 0.133. The van der Waals surface area contributed by atoms with Gasteiger partial charge in [-0.2, -0.15) is 0 Å². The maximum absolute atomic E-state index is 6.11. The highest BCUT2D eigenvalue weighted by Gasteiger charge is 2.06. The minimum atomic E-state index is 0.417. The predicted octanol–water partition coefficient (Wildman–Crippen LogP) is 4.59. The predicted molar refractivity (Wildman–Crippen MR) is 93.7 cm³/mol. The van der Waals surface area contributed by atoms with Gasteiger partial charge in [0.1, 0.15) is 16.0 Å². The Kier molecular flexibility index (Phi) is 4.92. The van der Waals surface area contributed by atoms with Gasteiger partial charge in [-0.15, -0.1) is 23.1 Å². The van der Waals surface area contributed by atoms with Crippen molar-refractivity contribution >= 4 is 40.5 Å². The van der Waals surface area contributed by atoms with Crippen molar-refractivity contribution in [1.29, 1.82) is 0 Å². The van der Waals surface area contributed by atoms with Crippen molar-refractivity contribution in [3.63, 3.8) is 0 Å². The maximum atomic E-state index is 6.11. The summed E-state index contributed by atoms with van der Waals surface area (Å²) in [6.07, 6.45) is 3.83. The van der Waals surface area contributed by atoms with Crippen LogP contribution < -0.4 is 5.32 Å². The number of rotatable bonds is 5. The lowest BCUT2D eigenvalue weighted by atomic mass is 10.2.